The molecule has 1 fully saturated rings. The number of imide groups is 1. The molecule has 108 valence electrons. The third-order valence-electron chi connectivity index (χ3n) is 3.36. The number of nitrogens with zero attached hydrogens (tertiary/aromatic N) is 1. The van der Waals surface area contributed by atoms with E-state index < -0.39 is 12.3 Å². The lowest BCUT2D eigenvalue weighted by Gasteiger charge is -2.25. The van der Waals surface area contributed by atoms with Gasteiger partial charge in [-0.1, -0.05) is 0 Å². The van der Waals surface area contributed by atoms with E-state index in [0.717, 1.165) is 4.90 Å². The first-order chi connectivity index (χ1) is 10.1. The van der Waals surface area contributed by atoms with Crippen molar-refractivity contribution >= 4 is 23.5 Å². The van der Waals surface area contributed by atoms with Crippen molar-refractivity contribution in [2.24, 2.45) is 0 Å². The summed E-state index contributed by atoms with van der Waals surface area (Å²) in [4.78, 5) is 36.5. The van der Waals surface area contributed by atoms with Crippen LogP contribution < -0.4 is 4.90 Å². The summed E-state index contributed by atoms with van der Waals surface area (Å²) in [6.45, 7) is 2.19. The van der Waals surface area contributed by atoms with Crippen LogP contribution in [0.1, 0.15) is 23.7 Å². The monoisotopic (exact) mass is 287 g/mol. The molecule has 2 heterocycles. The molecule has 0 N–H and O–H groups in total. The average Bonchev–Trinajstić information content (AvgIpc) is 2.68. The van der Waals surface area contributed by atoms with Crippen LogP contribution in [0.3, 0.4) is 0 Å². The van der Waals surface area contributed by atoms with Crippen LogP contribution in [-0.4, -0.2) is 30.7 Å². The van der Waals surface area contributed by atoms with E-state index in [2.05, 4.69) is 0 Å². The Morgan fingerprint density at radius 2 is 1.95 bits per heavy atom. The maximum absolute atomic E-state index is 11.9. The first-order valence-corrected chi connectivity index (χ1v) is 6.55. The Kier molecular flexibility index (Phi) is 3.31. The van der Waals surface area contributed by atoms with Crippen molar-refractivity contribution in [2.45, 2.75) is 19.6 Å². The molecule has 1 atom stereocenters. The van der Waals surface area contributed by atoms with Crippen molar-refractivity contribution in [1.82, 2.24) is 0 Å². The van der Waals surface area contributed by atoms with Crippen LogP contribution >= 0.6 is 0 Å². The molecular formula is C15H13NO5. The number of carbonyl (C=O) groups excluding carboxylic acids is 3. The molecule has 6 nitrogen and oxygen atoms in total. The molecule has 1 saturated heterocycles. The van der Waals surface area contributed by atoms with Crippen molar-refractivity contribution in [2.75, 3.05) is 11.5 Å². The predicted octanol–water partition coefficient (Wildman–Crippen LogP) is 1.41. The van der Waals surface area contributed by atoms with Crippen LogP contribution in [-0.2, 0) is 19.1 Å². The Morgan fingerprint density at radius 1 is 1.29 bits per heavy atom. The Morgan fingerprint density at radius 3 is 2.43 bits per heavy atom. The summed E-state index contributed by atoms with van der Waals surface area (Å²) in [5, 5.41) is 0. The normalized spacial score (nSPS) is 21.1. The van der Waals surface area contributed by atoms with Gasteiger partial charge in [-0.25, -0.2) is 9.69 Å². The lowest BCUT2D eigenvalue weighted by Crippen LogP contribution is -2.32. The van der Waals surface area contributed by atoms with E-state index in [1.165, 1.54) is 18.2 Å². The minimum absolute atomic E-state index is 0.345. The van der Waals surface area contributed by atoms with Gasteiger partial charge in [-0.15, -0.1) is 0 Å². The van der Waals surface area contributed by atoms with Gasteiger partial charge in [0.2, 0.25) is 6.29 Å². The summed E-state index contributed by atoms with van der Waals surface area (Å²) in [6.07, 6.45) is 1.52. The van der Waals surface area contributed by atoms with Gasteiger partial charge in [0.1, 0.15) is 0 Å². The number of ether oxygens (including phenoxy) is 2. The Labute approximate surface area is 120 Å². The fourth-order valence-electron chi connectivity index (χ4n) is 2.07. The summed E-state index contributed by atoms with van der Waals surface area (Å²) in [7, 11) is 0. The first kappa shape index (κ1) is 13.5. The van der Waals surface area contributed by atoms with Gasteiger partial charge in [0.15, 0.2) is 0 Å². The zero-order valence-corrected chi connectivity index (χ0v) is 11.4. The van der Waals surface area contributed by atoms with E-state index in [9.17, 15) is 14.4 Å². The third kappa shape index (κ3) is 2.45. The molecule has 3 rings (SSSR count). The lowest BCUT2D eigenvalue weighted by molar-refractivity contribution is -0.184. The molecule has 1 unspecified atom stereocenters. The van der Waals surface area contributed by atoms with Crippen LogP contribution in [0.25, 0.3) is 0 Å². The lowest BCUT2D eigenvalue weighted by atomic mass is 10.2. The topological polar surface area (TPSA) is 72.9 Å². The molecule has 2 aliphatic rings. The number of esters is 1. The Hall–Kier alpha value is -2.47. The van der Waals surface area contributed by atoms with Gasteiger partial charge in [-0.2, -0.15) is 0 Å². The second kappa shape index (κ2) is 5.14. The van der Waals surface area contributed by atoms with Gasteiger partial charge in [0.05, 0.1) is 17.9 Å². The summed E-state index contributed by atoms with van der Waals surface area (Å²) >= 11 is 0. The second-order valence-corrected chi connectivity index (χ2v) is 4.85. The highest BCUT2D eigenvalue weighted by molar-refractivity contribution is 6.30. The van der Waals surface area contributed by atoms with E-state index in [1.807, 2.05) is 0 Å². The van der Waals surface area contributed by atoms with Crippen molar-refractivity contribution < 1.29 is 23.9 Å². The molecule has 2 amide bonds. The van der Waals surface area contributed by atoms with Gasteiger partial charge in [-0.3, -0.25) is 9.59 Å². The standard InChI is InChI=1S/C15H13NO5/c1-9-8-12(17)16(14(9)18)11-4-2-10(3-5-11)15(19)21-13-6-7-20-13/h2-5,8,13H,6-7H2,1H3. The highest BCUT2D eigenvalue weighted by Crippen LogP contribution is 2.23. The molecule has 0 aliphatic carbocycles. The number of anilines is 1. The van der Waals surface area contributed by atoms with Crippen molar-refractivity contribution in [1.29, 1.82) is 0 Å². The van der Waals surface area contributed by atoms with Crippen molar-refractivity contribution in [3.8, 4) is 0 Å². The molecule has 0 spiro atoms. The van der Waals surface area contributed by atoms with Crippen LogP contribution in [0.5, 0.6) is 0 Å². The maximum atomic E-state index is 11.9. The zero-order valence-electron chi connectivity index (χ0n) is 11.4. The van der Waals surface area contributed by atoms with E-state index in [0.29, 0.717) is 29.9 Å². The molecule has 2 aliphatic heterocycles. The fraction of sp³-hybridized carbons (Fsp3) is 0.267. The third-order valence-corrected chi connectivity index (χ3v) is 3.36. The number of amides is 2. The highest BCUT2D eigenvalue weighted by Gasteiger charge is 2.30. The molecule has 21 heavy (non-hydrogen) atoms. The van der Waals surface area contributed by atoms with Gasteiger partial charge in [0, 0.05) is 18.1 Å². The largest absolute Gasteiger partial charge is 0.432 e. The maximum Gasteiger partial charge on any atom is 0.340 e. The molecule has 0 aromatic heterocycles. The van der Waals surface area contributed by atoms with Crippen molar-refractivity contribution in [3.63, 3.8) is 0 Å². The second-order valence-electron chi connectivity index (χ2n) is 4.85. The summed E-state index contributed by atoms with van der Waals surface area (Å²) in [5.74, 6) is -1.21. The number of carbonyl (C=O) groups is 3. The molecule has 0 bridgehead atoms. The minimum Gasteiger partial charge on any atom is -0.432 e. The summed E-state index contributed by atoms with van der Waals surface area (Å²) < 4.78 is 10.1. The molecule has 1 aromatic carbocycles. The molecule has 1 aromatic rings. The predicted molar refractivity (Wildman–Crippen MR) is 72.5 cm³/mol. The van der Waals surface area contributed by atoms with Crippen LogP contribution in [0, 0.1) is 0 Å². The Balaban J connectivity index is 1.73. The highest BCUT2D eigenvalue weighted by atomic mass is 16.7. The SMILES string of the molecule is CC1=CC(=O)N(c2ccc(C(=O)OC3CCO3)cc2)C1=O. The van der Waals surface area contributed by atoms with Gasteiger partial charge in [0.25, 0.3) is 11.8 Å². The van der Waals surface area contributed by atoms with E-state index in [1.54, 1.807) is 19.1 Å². The molecule has 0 radical (unpaired) electrons. The minimum atomic E-state index is -0.486. The van der Waals surface area contributed by atoms with Crippen LogP contribution in [0.4, 0.5) is 5.69 Å². The zero-order chi connectivity index (χ0) is 15.0. The van der Waals surface area contributed by atoms with E-state index >= 15 is 0 Å². The molecule has 6 heteroatoms. The van der Waals surface area contributed by atoms with Crippen LogP contribution in [0.2, 0.25) is 0 Å². The van der Waals surface area contributed by atoms with E-state index in [-0.39, 0.29) is 11.8 Å². The smallest absolute Gasteiger partial charge is 0.340 e. The number of rotatable bonds is 3. The quantitative estimate of drug-likeness (QED) is 0.621. The van der Waals surface area contributed by atoms with Crippen molar-refractivity contribution in [3.05, 3.63) is 41.5 Å². The first-order valence-electron chi connectivity index (χ1n) is 6.55. The summed E-state index contributed by atoms with van der Waals surface area (Å²) in [5.41, 5.74) is 1.16. The molecule has 0 saturated carbocycles. The number of benzene rings is 1. The van der Waals surface area contributed by atoms with Crippen LogP contribution in [0.15, 0.2) is 35.9 Å². The van der Waals surface area contributed by atoms with Gasteiger partial charge >= 0.3 is 5.97 Å². The van der Waals surface area contributed by atoms with Gasteiger partial charge in [-0.05, 0) is 31.2 Å². The number of hydrogen-bond acceptors (Lipinski definition) is 5. The van der Waals surface area contributed by atoms with Gasteiger partial charge < -0.3 is 9.47 Å². The number of hydrogen-bond donors (Lipinski definition) is 0. The van der Waals surface area contributed by atoms with E-state index in [4.69, 9.17) is 9.47 Å². The molecular weight excluding hydrogens is 274 g/mol. The summed E-state index contributed by atoms with van der Waals surface area (Å²) in [6, 6.07) is 6.12. The average molecular weight is 287 g/mol. The fourth-order valence-corrected chi connectivity index (χ4v) is 2.07. The Bertz CT molecular complexity index is 643.